The van der Waals surface area contributed by atoms with E-state index in [1.807, 2.05) is 163 Å². The van der Waals surface area contributed by atoms with Gasteiger partial charge in [-0.1, -0.05) is 336 Å². The number of carbonyl (C=O) groups excluding carboxylic acids is 2. The van der Waals surface area contributed by atoms with Gasteiger partial charge in [0.2, 0.25) is 11.6 Å². The first kappa shape index (κ1) is 89.0. The van der Waals surface area contributed by atoms with E-state index in [-0.39, 0.29) is 50.9 Å². The van der Waals surface area contributed by atoms with Crippen LogP contribution in [0.3, 0.4) is 0 Å². The number of carbonyl (C=O) groups is 2. The van der Waals surface area contributed by atoms with Crippen molar-refractivity contribution in [3.63, 3.8) is 0 Å². The number of aromatic nitrogens is 4. The third kappa shape index (κ3) is 18.4. The highest BCUT2D eigenvalue weighted by atomic mass is 35.5. The summed E-state index contributed by atoms with van der Waals surface area (Å²) in [7, 11) is 0. The van der Waals surface area contributed by atoms with Crippen LogP contribution >= 0.6 is 22.7 Å². The molecule has 0 amide bonds. The van der Waals surface area contributed by atoms with E-state index in [0.717, 1.165) is 189 Å². The Morgan fingerprint density at radius 1 is 0.306 bits per heavy atom. The summed E-state index contributed by atoms with van der Waals surface area (Å²) < 4.78 is 0. The van der Waals surface area contributed by atoms with Crippen LogP contribution in [0.2, 0.25) is 0 Å². The Morgan fingerprint density at radius 2 is 0.560 bits per heavy atom. The maximum atomic E-state index is 14.1. The second kappa shape index (κ2) is 40.0. The Hall–Kier alpha value is -15.6. The molecule has 0 spiro atoms. The number of ketones is 2. The SMILES string of the molecule is C.C.NC(=[NH2+])c1ccccc1.O=C1/C(=C/c2ccc(/C=C3\CCc4c(-c5ccccc5)cc(-c5ccccc5)nc4C3=O)s2)CCc2c(-c3ccccc3)cc(-c3ccccc3)nc21.[Cl-].c1ccc(C2=NC(c3ccc(C4N=C(c5ccccc5)NC5=C4CCc4c(-c6ccccc6)cc(-c6ccccc6)nc45)s3)C3=C(N2)c2nc(-c4ccccc4)cc(-c4ccccc4)c2CC3)cc1. The molecule has 2 unspecified atom stereocenters. The molecule has 2 aliphatic heterocycles. The lowest BCUT2D eigenvalue weighted by Gasteiger charge is -2.33. The molecule has 15 heteroatoms. The zero-order valence-corrected chi connectivity index (χ0v) is 74.6. The molecule has 134 heavy (non-hydrogen) atoms. The molecule has 11 aromatic carbocycles. The van der Waals surface area contributed by atoms with Crippen LogP contribution in [0, 0.1) is 0 Å². The molecule has 0 fully saturated rings. The van der Waals surface area contributed by atoms with Crippen molar-refractivity contribution in [3.8, 4) is 89.5 Å². The highest BCUT2D eigenvalue weighted by Gasteiger charge is 2.39. The molecule has 654 valence electrons. The molecule has 0 saturated carbocycles. The van der Waals surface area contributed by atoms with Crippen molar-refractivity contribution in [2.24, 2.45) is 15.7 Å². The second-order valence-electron chi connectivity index (χ2n) is 33.3. The van der Waals surface area contributed by atoms with Gasteiger partial charge in [-0.05, 0) is 202 Å². The summed E-state index contributed by atoms with van der Waals surface area (Å²) in [4.78, 5) is 64.8. The van der Waals surface area contributed by atoms with Gasteiger partial charge < -0.3 is 23.0 Å². The minimum Gasteiger partial charge on any atom is -1.00 e. The number of nitrogens with two attached hydrogens (primary N) is 2. The van der Waals surface area contributed by atoms with Crippen LogP contribution in [0.4, 0.5) is 0 Å². The van der Waals surface area contributed by atoms with Crippen molar-refractivity contribution >= 4 is 75.3 Å². The second-order valence-corrected chi connectivity index (χ2v) is 35.6. The van der Waals surface area contributed by atoms with E-state index in [1.165, 1.54) is 54.3 Å². The highest BCUT2D eigenvalue weighted by Crippen LogP contribution is 2.51. The molecule has 2 atom stereocenters. The van der Waals surface area contributed by atoms with Crippen LogP contribution in [0.1, 0.15) is 143 Å². The van der Waals surface area contributed by atoms with Gasteiger partial charge in [0, 0.05) is 64.0 Å². The number of Topliss-reactive ketones (excluding diaryl/α,β-unsaturated/α-hetero) is 2. The fraction of sp³-hybridized carbons (Fsp3) is 0.101. The van der Waals surface area contributed by atoms with Gasteiger partial charge in [-0.15, -0.1) is 22.7 Å². The van der Waals surface area contributed by atoms with Gasteiger partial charge in [-0.3, -0.25) is 30.7 Å². The topological polar surface area (TPSA) is 186 Å². The first-order chi connectivity index (χ1) is 64.6. The Kier molecular flexibility index (Phi) is 26.6. The van der Waals surface area contributed by atoms with Crippen molar-refractivity contribution in [1.82, 2.24) is 30.6 Å². The van der Waals surface area contributed by atoms with E-state index in [4.69, 9.17) is 41.1 Å². The van der Waals surface area contributed by atoms with Gasteiger partial charge in [0.15, 0.2) is 0 Å². The Morgan fingerprint density at radius 3 is 0.843 bits per heavy atom. The number of fused-ring (bicyclic) bond motifs is 6. The fourth-order valence-corrected chi connectivity index (χ4v) is 20.8. The van der Waals surface area contributed by atoms with Crippen LogP contribution in [0.5, 0.6) is 0 Å². The summed E-state index contributed by atoms with van der Waals surface area (Å²) in [6.07, 6.45) is 10.2. The predicted octanol–water partition coefficient (Wildman–Crippen LogP) is 23.2. The van der Waals surface area contributed by atoms with Gasteiger partial charge in [0.05, 0.1) is 51.1 Å². The molecule has 0 saturated heterocycles. The first-order valence-corrected chi connectivity index (χ1v) is 46.2. The summed E-state index contributed by atoms with van der Waals surface area (Å²) in [6, 6.07) is 131. The summed E-state index contributed by atoms with van der Waals surface area (Å²) in [5.74, 6) is 2.02. The van der Waals surface area contributed by atoms with Gasteiger partial charge in [-0.2, -0.15) is 0 Å². The normalized spacial score (nSPS) is 15.5. The smallest absolute Gasteiger partial charge is 0.270 e. The molecule has 0 bridgehead atoms. The number of nitrogens with one attached hydrogen (secondary N) is 2. The summed E-state index contributed by atoms with van der Waals surface area (Å²) in [5.41, 5.74) is 38.9. The molecule has 23 rings (SSSR count). The Labute approximate surface area is 796 Å². The van der Waals surface area contributed by atoms with E-state index in [9.17, 15) is 9.59 Å². The maximum absolute atomic E-state index is 14.1. The summed E-state index contributed by atoms with van der Waals surface area (Å²) in [5, 5.41) is 13.1. The minimum absolute atomic E-state index is 0. The van der Waals surface area contributed by atoms with Crippen LogP contribution in [0.15, 0.2) is 414 Å². The van der Waals surface area contributed by atoms with E-state index >= 15 is 0 Å². The molecule has 12 nitrogen and oxygen atoms in total. The number of nitrogens with zero attached hydrogens (tertiary/aromatic N) is 6. The maximum Gasteiger partial charge on any atom is 0.270 e. The summed E-state index contributed by atoms with van der Waals surface area (Å²) in [6.45, 7) is 0. The molecular formula is C119H97ClN10O2S2. The number of hydrogen-bond donors (Lipinski definition) is 4. The van der Waals surface area contributed by atoms with Gasteiger partial charge in [0.25, 0.3) is 5.84 Å². The molecule has 6 aliphatic rings. The van der Waals surface area contributed by atoms with E-state index in [0.29, 0.717) is 30.1 Å². The highest BCUT2D eigenvalue weighted by molar-refractivity contribution is 7.13. The average molecular weight is 1800 g/mol. The number of aliphatic imine (C=N–C) groups is 2. The lowest BCUT2D eigenvalue weighted by molar-refractivity contribution is -0.114. The number of pyridine rings is 4. The van der Waals surface area contributed by atoms with Crippen molar-refractivity contribution in [2.75, 3.05) is 0 Å². The molecule has 6 aromatic heterocycles. The predicted molar refractivity (Wildman–Crippen MR) is 549 cm³/mol. The molecule has 4 aliphatic carbocycles. The van der Waals surface area contributed by atoms with E-state index in [2.05, 4.69) is 253 Å². The minimum atomic E-state index is -0.200. The van der Waals surface area contributed by atoms with Gasteiger partial charge >= 0.3 is 0 Å². The quantitative estimate of drug-likeness (QED) is 0.0440. The lowest BCUT2D eigenvalue weighted by Crippen LogP contribution is -3.00. The standard InChI is InChI=1S/C62H46N6S.C48H34N2O2S.C7H8N2.2CH4.ClH/c1-7-19-39(20-8-1)49-37-51(41-23-11-3-12-24-41)63-57-45(49)31-33-47-55(65-61(67-59(47)57)43-27-15-5-16-28-43)53-35-36-54(69-53)56-48-34-32-46-50(40-21-9-2-10-22-40)38-52(42-25-13-4-14-26-42)64-58(46)60(48)68-62(66-56)44-29-17-6-18-30-44;51-47-35(21-25-39-41(31-13-5-1-6-14-31)29-43(49-45(39)47)33-17-9-3-10-18-33)27-37-23-24-38(53-37)28-36-22-26-40-42(32-15-7-2-8-16-32)30-44(50-46(40)48(36)52)34-19-11-4-12-20-34;8-7(9)6-4-2-1-3-5-6;;;/h1-30,35-38,55-56H,31-34H2,(H,65,67)(H,66,68);1-20,23-24,27-30H,21-22,25-26H2;1-5H,(H3,8,9);2*1H4;1H/b;35-27+,36-28+;;;;. The number of benzene rings is 11. The van der Waals surface area contributed by atoms with Crippen LogP contribution < -0.4 is 34.2 Å². The number of thiophene rings is 2. The van der Waals surface area contributed by atoms with Crippen molar-refractivity contribution in [2.45, 2.75) is 78.3 Å². The summed E-state index contributed by atoms with van der Waals surface area (Å²) >= 11 is 3.42. The third-order valence-corrected chi connectivity index (χ3v) is 27.3. The van der Waals surface area contributed by atoms with E-state index < -0.39 is 0 Å². The van der Waals surface area contributed by atoms with Crippen LogP contribution in [-0.4, -0.2) is 49.0 Å². The zero-order chi connectivity index (χ0) is 88.1. The lowest BCUT2D eigenvalue weighted by atomic mass is 9.83. The Balaban J connectivity index is 0.000000165. The third-order valence-electron chi connectivity index (χ3n) is 25.2. The fourth-order valence-electron chi connectivity index (χ4n) is 18.7. The molecule has 17 aromatic rings. The largest absolute Gasteiger partial charge is 1.00 e. The Bertz CT molecular complexity index is 7000. The van der Waals surface area contributed by atoms with Crippen molar-refractivity contribution in [1.29, 1.82) is 0 Å². The van der Waals surface area contributed by atoms with Gasteiger partial charge in [-0.25, -0.2) is 19.9 Å². The number of amidine groups is 3. The first-order valence-electron chi connectivity index (χ1n) is 44.6. The molecule has 0 radical (unpaired) electrons. The molecule has 8 heterocycles. The molecular weight excluding hydrogens is 1700 g/mol. The zero-order valence-electron chi connectivity index (χ0n) is 72.2. The van der Waals surface area contributed by atoms with Crippen LogP contribution in [-0.2, 0) is 25.7 Å². The van der Waals surface area contributed by atoms with Crippen molar-refractivity contribution < 1.29 is 27.4 Å². The average Bonchev–Trinajstić information content (AvgIpc) is 1.09. The number of rotatable bonds is 15. The van der Waals surface area contributed by atoms with E-state index in [1.54, 1.807) is 11.3 Å². The van der Waals surface area contributed by atoms with Crippen LogP contribution in [0.25, 0.3) is 113 Å². The van der Waals surface area contributed by atoms with Gasteiger partial charge in [0.1, 0.15) is 35.1 Å². The monoisotopic (exact) mass is 1800 g/mol. The number of allylic oxidation sites excluding steroid dienone is 2. The molecule has 6 N–H and O–H groups in total. The van der Waals surface area contributed by atoms with Crippen molar-refractivity contribution in [3.05, 3.63) is 486 Å². The number of hydrogen-bond acceptors (Lipinski definition) is 12. The number of halogens is 1.